The Morgan fingerprint density at radius 1 is 1.23 bits per heavy atom. The highest BCUT2D eigenvalue weighted by Crippen LogP contribution is 2.39. The standard InChI is InChI=1S/C17H15N5OS3/c1-2-13(25-6-1)8-14-19-20-17(22(14)12-3-4-12)26-10-15-18-16(21-23-15)11-5-7-24-9-11/h1-2,5-7,9,12H,3-4,8,10H2. The van der Waals surface area contributed by atoms with Crippen molar-refractivity contribution in [1.82, 2.24) is 24.9 Å². The first-order valence-electron chi connectivity index (χ1n) is 8.31. The maximum Gasteiger partial charge on any atom is 0.237 e. The summed E-state index contributed by atoms with van der Waals surface area (Å²) in [5.41, 5.74) is 0.995. The Bertz CT molecular complexity index is 986. The van der Waals surface area contributed by atoms with Crippen LogP contribution in [0.2, 0.25) is 0 Å². The molecule has 0 radical (unpaired) electrons. The third kappa shape index (κ3) is 3.34. The van der Waals surface area contributed by atoms with Crippen LogP contribution in [0.25, 0.3) is 11.4 Å². The molecule has 0 N–H and O–H groups in total. The van der Waals surface area contributed by atoms with E-state index >= 15 is 0 Å². The minimum Gasteiger partial charge on any atom is -0.338 e. The number of thioether (sulfide) groups is 1. The van der Waals surface area contributed by atoms with E-state index in [0.29, 0.717) is 23.5 Å². The van der Waals surface area contributed by atoms with Crippen LogP contribution in [0.15, 0.2) is 44.0 Å². The molecule has 5 rings (SSSR count). The van der Waals surface area contributed by atoms with Gasteiger partial charge in [-0.25, -0.2) is 0 Å². The monoisotopic (exact) mass is 401 g/mol. The topological polar surface area (TPSA) is 69.6 Å². The summed E-state index contributed by atoms with van der Waals surface area (Å²) < 4.78 is 7.68. The van der Waals surface area contributed by atoms with E-state index in [9.17, 15) is 0 Å². The van der Waals surface area contributed by atoms with Gasteiger partial charge in [0.15, 0.2) is 5.16 Å². The molecule has 9 heteroatoms. The first kappa shape index (κ1) is 16.2. The molecule has 0 saturated heterocycles. The molecular formula is C17H15N5OS3. The second kappa shape index (κ2) is 6.98. The van der Waals surface area contributed by atoms with Crippen LogP contribution in [-0.2, 0) is 12.2 Å². The van der Waals surface area contributed by atoms with Crippen molar-refractivity contribution in [3.63, 3.8) is 0 Å². The zero-order valence-corrected chi connectivity index (χ0v) is 16.2. The van der Waals surface area contributed by atoms with Gasteiger partial charge in [0.1, 0.15) is 5.82 Å². The van der Waals surface area contributed by atoms with Crippen molar-refractivity contribution in [1.29, 1.82) is 0 Å². The maximum absolute atomic E-state index is 5.39. The summed E-state index contributed by atoms with van der Waals surface area (Å²) in [7, 11) is 0. The smallest absolute Gasteiger partial charge is 0.237 e. The zero-order chi connectivity index (χ0) is 17.3. The highest BCUT2D eigenvalue weighted by molar-refractivity contribution is 7.98. The summed E-state index contributed by atoms with van der Waals surface area (Å²) in [5.74, 6) is 2.90. The van der Waals surface area contributed by atoms with Crippen LogP contribution in [0.4, 0.5) is 0 Å². The van der Waals surface area contributed by atoms with Gasteiger partial charge in [0.25, 0.3) is 0 Å². The molecule has 4 aromatic rings. The maximum atomic E-state index is 5.39. The molecule has 1 aliphatic carbocycles. The van der Waals surface area contributed by atoms with E-state index in [2.05, 4.69) is 42.4 Å². The fraction of sp³-hybridized carbons (Fsp3) is 0.294. The molecule has 1 aliphatic rings. The SMILES string of the molecule is c1csc(Cc2nnc(SCc3nc(-c4ccsc4)no3)n2C2CC2)c1. The molecule has 0 aliphatic heterocycles. The lowest BCUT2D eigenvalue weighted by molar-refractivity contribution is 0.391. The van der Waals surface area contributed by atoms with Gasteiger partial charge in [-0.2, -0.15) is 16.3 Å². The Hall–Kier alpha value is -1.97. The van der Waals surface area contributed by atoms with Crippen molar-refractivity contribution in [2.24, 2.45) is 0 Å². The van der Waals surface area contributed by atoms with Crippen LogP contribution < -0.4 is 0 Å². The van der Waals surface area contributed by atoms with E-state index in [-0.39, 0.29) is 0 Å². The summed E-state index contributed by atoms with van der Waals surface area (Å²) in [6.07, 6.45) is 3.24. The third-order valence-electron chi connectivity index (χ3n) is 4.13. The van der Waals surface area contributed by atoms with E-state index in [4.69, 9.17) is 4.52 Å². The largest absolute Gasteiger partial charge is 0.338 e. The Morgan fingerprint density at radius 2 is 2.19 bits per heavy atom. The predicted octanol–water partition coefficient (Wildman–Crippen LogP) is 4.67. The van der Waals surface area contributed by atoms with Crippen molar-refractivity contribution in [2.45, 2.75) is 36.2 Å². The molecule has 0 spiro atoms. The summed E-state index contributed by atoms with van der Waals surface area (Å²) >= 11 is 4.99. The summed E-state index contributed by atoms with van der Waals surface area (Å²) in [6.45, 7) is 0. The number of nitrogens with zero attached hydrogens (tertiary/aromatic N) is 5. The molecule has 4 heterocycles. The zero-order valence-electron chi connectivity index (χ0n) is 13.7. The van der Waals surface area contributed by atoms with E-state index in [0.717, 1.165) is 23.0 Å². The number of hydrogen-bond donors (Lipinski definition) is 0. The predicted molar refractivity (Wildman–Crippen MR) is 103 cm³/mol. The van der Waals surface area contributed by atoms with Crippen LogP contribution in [0.3, 0.4) is 0 Å². The minimum absolute atomic E-state index is 0.534. The van der Waals surface area contributed by atoms with Gasteiger partial charge in [0.2, 0.25) is 11.7 Å². The first-order chi connectivity index (χ1) is 12.9. The Labute approximate surface area is 162 Å². The number of aromatic nitrogens is 5. The molecule has 132 valence electrons. The molecule has 0 amide bonds. The Balaban J connectivity index is 1.32. The average molecular weight is 402 g/mol. The molecule has 1 fully saturated rings. The number of hydrogen-bond acceptors (Lipinski definition) is 8. The van der Waals surface area contributed by atoms with Crippen LogP contribution in [0, 0.1) is 0 Å². The second-order valence-electron chi connectivity index (χ2n) is 6.07. The first-order valence-corrected chi connectivity index (χ1v) is 11.1. The van der Waals surface area contributed by atoms with Gasteiger partial charge >= 0.3 is 0 Å². The summed E-state index contributed by atoms with van der Waals surface area (Å²) in [5, 5.41) is 20.0. The molecule has 1 saturated carbocycles. The van der Waals surface area contributed by atoms with Crippen LogP contribution >= 0.6 is 34.4 Å². The number of rotatable bonds is 7. The van der Waals surface area contributed by atoms with Crippen LogP contribution in [0.5, 0.6) is 0 Å². The molecule has 0 aromatic carbocycles. The van der Waals surface area contributed by atoms with Crippen molar-refractivity contribution in [2.75, 3.05) is 0 Å². The van der Waals surface area contributed by atoms with E-state index in [1.54, 1.807) is 34.4 Å². The van der Waals surface area contributed by atoms with E-state index in [1.165, 1.54) is 17.7 Å². The van der Waals surface area contributed by atoms with Crippen LogP contribution in [-0.4, -0.2) is 24.9 Å². The third-order valence-corrected chi connectivity index (χ3v) is 6.62. The Kier molecular flexibility index (Phi) is 4.35. The summed E-state index contributed by atoms with van der Waals surface area (Å²) in [4.78, 5) is 5.79. The highest BCUT2D eigenvalue weighted by Gasteiger charge is 2.30. The molecular weight excluding hydrogens is 386 g/mol. The molecule has 6 nitrogen and oxygen atoms in total. The molecule has 0 atom stereocenters. The lowest BCUT2D eigenvalue weighted by atomic mass is 10.3. The number of thiophene rings is 2. The van der Waals surface area contributed by atoms with Crippen molar-refractivity contribution < 1.29 is 4.52 Å². The minimum atomic E-state index is 0.534. The van der Waals surface area contributed by atoms with Gasteiger partial charge in [-0.1, -0.05) is 23.0 Å². The van der Waals surface area contributed by atoms with Gasteiger partial charge in [-0.05, 0) is 35.7 Å². The van der Waals surface area contributed by atoms with Gasteiger partial charge < -0.3 is 9.09 Å². The Morgan fingerprint density at radius 3 is 2.96 bits per heavy atom. The van der Waals surface area contributed by atoms with Crippen molar-refractivity contribution >= 4 is 34.4 Å². The quantitative estimate of drug-likeness (QED) is 0.419. The molecule has 4 aromatic heterocycles. The van der Waals surface area contributed by atoms with Gasteiger partial charge in [-0.3, -0.25) is 0 Å². The van der Waals surface area contributed by atoms with Gasteiger partial charge in [0.05, 0.1) is 5.75 Å². The average Bonchev–Trinajstić information content (AvgIpc) is 3.17. The second-order valence-corrected chi connectivity index (χ2v) is 8.82. The van der Waals surface area contributed by atoms with Crippen molar-refractivity contribution in [3.05, 3.63) is 50.9 Å². The highest BCUT2D eigenvalue weighted by atomic mass is 32.2. The van der Waals surface area contributed by atoms with Crippen molar-refractivity contribution in [3.8, 4) is 11.4 Å². The molecule has 0 unspecified atom stereocenters. The molecule has 26 heavy (non-hydrogen) atoms. The van der Waals surface area contributed by atoms with Crippen LogP contribution in [0.1, 0.15) is 35.5 Å². The lowest BCUT2D eigenvalue weighted by Gasteiger charge is -2.07. The van der Waals surface area contributed by atoms with E-state index in [1.807, 2.05) is 16.8 Å². The lowest BCUT2D eigenvalue weighted by Crippen LogP contribution is -2.03. The fourth-order valence-electron chi connectivity index (χ4n) is 2.74. The fourth-order valence-corrected chi connectivity index (χ4v) is 4.94. The van der Waals surface area contributed by atoms with Gasteiger partial charge in [-0.15, -0.1) is 21.5 Å². The molecule has 0 bridgehead atoms. The summed E-state index contributed by atoms with van der Waals surface area (Å²) in [6, 6.07) is 6.75. The van der Waals surface area contributed by atoms with Gasteiger partial charge in [0, 0.05) is 28.3 Å². The normalized spacial score (nSPS) is 14.2. The van der Waals surface area contributed by atoms with E-state index < -0.39 is 0 Å².